The Kier molecular flexibility index (Phi) is 7.28. The number of thioether (sulfide) groups is 1. The van der Waals surface area contributed by atoms with Gasteiger partial charge in [0.15, 0.2) is 14.6 Å². The highest BCUT2D eigenvalue weighted by atomic mass is 32.2. The molecule has 0 atom stereocenters. The number of sulfone groups is 1. The molecule has 1 heterocycles. The Balaban J connectivity index is 1.90. The number of methoxy groups -OCH3 is 1. The van der Waals surface area contributed by atoms with Crippen LogP contribution in [0.2, 0.25) is 0 Å². The second-order valence-corrected chi connectivity index (χ2v) is 10.3. The van der Waals surface area contributed by atoms with Crippen molar-refractivity contribution in [3.63, 3.8) is 0 Å². The van der Waals surface area contributed by atoms with Crippen LogP contribution in [-0.2, 0) is 31.7 Å². The summed E-state index contributed by atoms with van der Waals surface area (Å²) in [5.74, 6) is -1.46. The number of hydrogen-bond acceptors (Lipinski definition) is 6. The summed E-state index contributed by atoms with van der Waals surface area (Å²) in [5, 5.41) is 0. The van der Waals surface area contributed by atoms with Crippen molar-refractivity contribution in [2.45, 2.75) is 17.2 Å². The average molecular weight is 451 g/mol. The molecule has 3 aromatic rings. The second kappa shape index (κ2) is 9.71. The molecule has 0 aliphatic rings. The van der Waals surface area contributed by atoms with Crippen molar-refractivity contribution in [2.24, 2.45) is 4.99 Å². The number of aromatic nitrogens is 1. The van der Waals surface area contributed by atoms with Crippen molar-refractivity contribution in [1.29, 1.82) is 0 Å². The number of benzene rings is 2. The van der Waals surface area contributed by atoms with Gasteiger partial charge in [-0.05, 0) is 30.0 Å². The Morgan fingerprint density at radius 2 is 1.97 bits per heavy atom. The molecule has 0 radical (unpaired) electrons. The van der Waals surface area contributed by atoms with Gasteiger partial charge in [0, 0.05) is 18.6 Å². The van der Waals surface area contributed by atoms with Gasteiger partial charge < -0.3 is 9.30 Å². The first-order valence-corrected chi connectivity index (χ1v) is 12.8. The summed E-state index contributed by atoms with van der Waals surface area (Å²) in [6.07, 6.45) is 2.00. The van der Waals surface area contributed by atoms with Crippen LogP contribution in [0.1, 0.15) is 5.56 Å². The molecule has 6 nitrogen and oxygen atoms in total. The zero-order chi connectivity index (χ0) is 20.9. The van der Waals surface area contributed by atoms with Crippen LogP contribution < -0.4 is 4.80 Å². The first kappa shape index (κ1) is 21.8. The molecule has 1 amide bonds. The van der Waals surface area contributed by atoms with E-state index in [2.05, 4.69) is 4.99 Å². The van der Waals surface area contributed by atoms with E-state index in [-0.39, 0.29) is 5.75 Å². The largest absolute Gasteiger partial charge is 0.383 e. The summed E-state index contributed by atoms with van der Waals surface area (Å²) in [6.45, 7) is 0.988. The molecule has 0 aliphatic heterocycles. The number of nitrogens with zero attached hydrogens (tertiary/aromatic N) is 2. The van der Waals surface area contributed by atoms with Gasteiger partial charge >= 0.3 is 0 Å². The number of amides is 1. The fourth-order valence-corrected chi connectivity index (χ4v) is 5.74. The lowest BCUT2D eigenvalue weighted by Gasteiger charge is -2.05. The standard InChI is InChI=1S/C20H22N2O4S3/c1-26-11-10-22-17-9-8-16(27-2)12-18(17)28-20(22)21-19(23)14-29(24,25)13-15-6-4-3-5-7-15/h3-9,12H,10-11,13-14H2,1-2H3. The Morgan fingerprint density at radius 1 is 1.21 bits per heavy atom. The van der Waals surface area contributed by atoms with Crippen molar-refractivity contribution in [3.05, 3.63) is 58.9 Å². The summed E-state index contributed by atoms with van der Waals surface area (Å²) in [7, 11) is -1.99. The van der Waals surface area contributed by atoms with Crippen LogP contribution in [-0.4, -0.2) is 44.6 Å². The molecular formula is C20H22N2O4S3. The molecule has 0 N–H and O–H groups in total. The first-order chi connectivity index (χ1) is 13.9. The fourth-order valence-electron chi connectivity index (χ4n) is 2.87. The number of carbonyl (C=O) groups excluding carboxylic acids is 1. The van der Waals surface area contributed by atoms with Gasteiger partial charge in [-0.1, -0.05) is 41.7 Å². The van der Waals surface area contributed by atoms with Gasteiger partial charge in [-0.3, -0.25) is 4.79 Å². The summed E-state index contributed by atoms with van der Waals surface area (Å²) < 4.78 is 32.9. The van der Waals surface area contributed by atoms with E-state index >= 15 is 0 Å². The lowest BCUT2D eigenvalue weighted by molar-refractivity contribution is -0.115. The average Bonchev–Trinajstić information content (AvgIpc) is 3.01. The van der Waals surface area contributed by atoms with Crippen LogP contribution in [0.15, 0.2) is 58.4 Å². The Morgan fingerprint density at radius 3 is 2.66 bits per heavy atom. The number of ether oxygens (including phenoxy) is 1. The summed E-state index contributed by atoms with van der Waals surface area (Å²) in [6, 6.07) is 14.9. The topological polar surface area (TPSA) is 77.7 Å². The maximum absolute atomic E-state index is 12.5. The van der Waals surface area contributed by atoms with Crippen LogP contribution in [0.3, 0.4) is 0 Å². The van der Waals surface area contributed by atoms with E-state index in [0.29, 0.717) is 23.5 Å². The van der Waals surface area contributed by atoms with Gasteiger partial charge in [-0.25, -0.2) is 8.42 Å². The molecule has 0 aliphatic carbocycles. The van der Waals surface area contributed by atoms with Crippen LogP contribution >= 0.6 is 23.1 Å². The minimum absolute atomic E-state index is 0.178. The highest BCUT2D eigenvalue weighted by Gasteiger charge is 2.18. The molecule has 0 bridgehead atoms. The van der Waals surface area contributed by atoms with Gasteiger partial charge in [-0.15, -0.1) is 11.8 Å². The van der Waals surface area contributed by atoms with Crippen molar-refractivity contribution < 1.29 is 17.9 Å². The first-order valence-electron chi connectivity index (χ1n) is 8.90. The van der Waals surface area contributed by atoms with Crippen LogP contribution in [0.25, 0.3) is 10.2 Å². The SMILES string of the molecule is COCCn1c(=NC(=O)CS(=O)(=O)Cc2ccccc2)sc2cc(SC)ccc21. The zero-order valence-corrected chi connectivity index (χ0v) is 18.6. The monoisotopic (exact) mass is 450 g/mol. The highest BCUT2D eigenvalue weighted by molar-refractivity contribution is 7.98. The maximum atomic E-state index is 12.5. The van der Waals surface area contributed by atoms with E-state index in [1.165, 1.54) is 11.3 Å². The molecule has 0 saturated carbocycles. The third-order valence-electron chi connectivity index (χ3n) is 4.20. The molecule has 9 heteroatoms. The molecule has 0 unspecified atom stereocenters. The zero-order valence-electron chi connectivity index (χ0n) is 16.2. The molecule has 3 rings (SSSR count). The van der Waals surface area contributed by atoms with E-state index in [9.17, 15) is 13.2 Å². The number of fused-ring (bicyclic) bond motifs is 1. The predicted octanol–water partition coefficient (Wildman–Crippen LogP) is 3.11. The number of thiazole rings is 1. The number of hydrogen-bond donors (Lipinski definition) is 0. The summed E-state index contributed by atoms with van der Waals surface area (Å²) >= 11 is 3.01. The van der Waals surface area contributed by atoms with Crippen LogP contribution in [0.4, 0.5) is 0 Å². The van der Waals surface area contributed by atoms with Crippen molar-refractivity contribution in [3.8, 4) is 0 Å². The second-order valence-electron chi connectivity index (χ2n) is 6.39. The third-order valence-corrected chi connectivity index (χ3v) is 7.43. The van der Waals surface area contributed by atoms with Gasteiger partial charge in [0.25, 0.3) is 5.91 Å². The van der Waals surface area contributed by atoms with Crippen molar-refractivity contribution in [1.82, 2.24) is 4.57 Å². The molecular weight excluding hydrogens is 428 g/mol. The minimum Gasteiger partial charge on any atom is -0.383 e. The van der Waals surface area contributed by atoms with Crippen molar-refractivity contribution >= 4 is 49.1 Å². The number of rotatable bonds is 8. The Labute approximate surface area is 178 Å². The molecule has 0 spiro atoms. The third kappa shape index (κ3) is 5.79. The van der Waals surface area contributed by atoms with E-state index in [1.807, 2.05) is 35.1 Å². The fraction of sp³-hybridized carbons (Fsp3) is 0.300. The van der Waals surface area contributed by atoms with E-state index in [1.54, 1.807) is 43.1 Å². The van der Waals surface area contributed by atoms with Gasteiger partial charge in [0.1, 0.15) is 5.75 Å². The van der Waals surface area contributed by atoms with Gasteiger partial charge in [0.2, 0.25) is 0 Å². The minimum atomic E-state index is -3.60. The van der Waals surface area contributed by atoms with E-state index in [4.69, 9.17) is 4.74 Å². The molecule has 0 saturated heterocycles. The highest BCUT2D eigenvalue weighted by Crippen LogP contribution is 2.24. The van der Waals surface area contributed by atoms with Gasteiger partial charge in [-0.2, -0.15) is 4.99 Å². The van der Waals surface area contributed by atoms with Crippen LogP contribution in [0, 0.1) is 0 Å². The smallest absolute Gasteiger partial charge is 0.263 e. The molecule has 29 heavy (non-hydrogen) atoms. The lowest BCUT2D eigenvalue weighted by Crippen LogP contribution is -2.22. The molecule has 154 valence electrons. The van der Waals surface area contributed by atoms with E-state index in [0.717, 1.165) is 15.1 Å². The van der Waals surface area contributed by atoms with Crippen molar-refractivity contribution in [2.75, 3.05) is 25.7 Å². The predicted molar refractivity (Wildman–Crippen MR) is 118 cm³/mol. The van der Waals surface area contributed by atoms with Crippen LogP contribution in [0.5, 0.6) is 0 Å². The molecule has 0 fully saturated rings. The number of carbonyl (C=O) groups is 1. The Hall–Kier alpha value is -1.94. The Bertz CT molecular complexity index is 1170. The maximum Gasteiger partial charge on any atom is 0.263 e. The van der Waals surface area contributed by atoms with E-state index < -0.39 is 21.5 Å². The van der Waals surface area contributed by atoms with Gasteiger partial charge in [0.05, 0.1) is 22.6 Å². The molecule has 2 aromatic carbocycles. The summed E-state index contributed by atoms with van der Waals surface area (Å²) in [4.78, 5) is 18.2. The normalized spacial score (nSPS) is 12.6. The summed E-state index contributed by atoms with van der Waals surface area (Å²) in [5.41, 5.74) is 1.60. The lowest BCUT2D eigenvalue weighted by atomic mass is 10.2. The quantitative estimate of drug-likeness (QED) is 0.493. The molecule has 1 aromatic heterocycles.